The highest BCUT2D eigenvalue weighted by Crippen LogP contribution is 2.31. The largest absolute Gasteiger partial charge is 0.497 e. The van der Waals surface area contributed by atoms with Crippen LogP contribution in [-0.2, 0) is 29.0 Å². The second-order valence-electron chi connectivity index (χ2n) is 9.41. The van der Waals surface area contributed by atoms with E-state index in [-0.39, 0.29) is 31.3 Å². The smallest absolute Gasteiger partial charge is 0.226 e. The standard InChI is InChI=1S/C33H33ClN2O6/c1-39-26-13-8-22(9-14-26)18-31(37)35-33(36-32(38)19-23-10-15-27(40-2)16-11-23)24-12-17-29(41-3)30(20-24)42-21-25-6-4-5-7-28(25)34/h4-17,20,33H,18-19,21H2,1-3H3,(H,35,37)(H,36,38). The van der Waals surface area contributed by atoms with Crippen LogP contribution in [0.2, 0.25) is 5.02 Å². The number of carbonyl (C=O) groups excluding carboxylic acids is 2. The molecular formula is C33H33ClN2O6. The number of methoxy groups -OCH3 is 3. The molecule has 0 fully saturated rings. The fourth-order valence-corrected chi connectivity index (χ4v) is 4.43. The second kappa shape index (κ2) is 14.8. The van der Waals surface area contributed by atoms with Gasteiger partial charge in [0, 0.05) is 10.6 Å². The van der Waals surface area contributed by atoms with Crippen molar-refractivity contribution in [3.05, 3.63) is 118 Å². The Balaban J connectivity index is 1.55. The first-order chi connectivity index (χ1) is 20.4. The zero-order valence-corrected chi connectivity index (χ0v) is 24.4. The average molecular weight is 589 g/mol. The molecule has 0 aliphatic rings. The molecule has 0 saturated heterocycles. The van der Waals surface area contributed by atoms with Crippen molar-refractivity contribution in [1.82, 2.24) is 10.6 Å². The van der Waals surface area contributed by atoms with Gasteiger partial charge in [0.2, 0.25) is 11.8 Å². The SMILES string of the molecule is COc1ccc(CC(=O)NC(NC(=O)Cc2ccc(OC)cc2)c2ccc(OC)c(OCc3ccccc3Cl)c2)cc1. The van der Waals surface area contributed by atoms with Gasteiger partial charge < -0.3 is 29.6 Å². The number of benzene rings is 4. The zero-order valence-electron chi connectivity index (χ0n) is 23.7. The molecule has 2 amide bonds. The molecular weight excluding hydrogens is 556 g/mol. The van der Waals surface area contributed by atoms with Crippen molar-refractivity contribution >= 4 is 23.4 Å². The lowest BCUT2D eigenvalue weighted by molar-refractivity contribution is -0.123. The Morgan fingerprint density at radius 2 is 1.24 bits per heavy atom. The first-order valence-electron chi connectivity index (χ1n) is 13.3. The molecule has 4 rings (SSSR count). The van der Waals surface area contributed by atoms with Crippen molar-refractivity contribution in [3.8, 4) is 23.0 Å². The second-order valence-corrected chi connectivity index (χ2v) is 9.82. The number of nitrogens with one attached hydrogen (secondary N) is 2. The summed E-state index contributed by atoms with van der Waals surface area (Å²) in [6.45, 7) is 0.206. The highest BCUT2D eigenvalue weighted by molar-refractivity contribution is 6.31. The Bertz CT molecular complexity index is 1430. The van der Waals surface area contributed by atoms with Gasteiger partial charge in [-0.15, -0.1) is 0 Å². The van der Waals surface area contributed by atoms with E-state index in [0.29, 0.717) is 33.6 Å². The van der Waals surface area contributed by atoms with Crippen molar-refractivity contribution < 1.29 is 28.5 Å². The summed E-state index contributed by atoms with van der Waals surface area (Å²) in [4.78, 5) is 26.3. The maximum atomic E-state index is 13.1. The third kappa shape index (κ3) is 8.41. The molecule has 0 aliphatic carbocycles. The number of hydrogen-bond acceptors (Lipinski definition) is 6. The molecule has 0 atom stereocenters. The molecule has 0 radical (unpaired) electrons. The third-order valence-corrected chi connectivity index (χ3v) is 6.89. The number of carbonyl (C=O) groups is 2. The molecule has 8 nitrogen and oxygen atoms in total. The molecule has 0 aromatic heterocycles. The van der Waals surface area contributed by atoms with Crippen LogP contribution >= 0.6 is 11.6 Å². The Morgan fingerprint density at radius 3 is 1.74 bits per heavy atom. The molecule has 218 valence electrons. The summed E-state index contributed by atoms with van der Waals surface area (Å²) in [6, 6.07) is 27.1. The van der Waals surface area contributed by atoms with Gasteiger partial charge in [-0.25, -0.2) is 0 Å². The van der Waals surface area contributed by atoms with Gasteiger partial charge in [-0.2, -0.15) is 0 Å². The first-order valence-corrected chi connectivity index (χ1v) is 13.6. The number of hydrogen-bond donors (Lipinski definition) is 2. The number of halogens is 1. The topological polar surface area (TPSA) is 95.1 Å². The summed E-state index contributed by atoms with van der Waals surface area (Å²) in [5.41, 5.74) is 3.02. The molecule has 0 spiro atoms. The summed E-state index contributed by atoms with van der Waals surface area (Å²) in [5.74, 6) is 1.79. The van der Waals surface area contributed by atoms with Crippen molar-refractivity contribution in [2.75, 3.05) is 21.3 Å². The fourth-order valence-electron chi connectivity index (χ4n) is 4.24. The lowest BCUT2D eigenvalue weighted by atomic mass is 10.1. The summed E-state index contributed by atoms with van der Waals surface area (Å²) >= 11 is 6.31. The van der Waals surface area contributed by atoms with E-state index in [0.717, 1.165) is 16.7 Å². The molecule has 4 aromatic carbocycles. The molecule has 0 unspecified atom stereocenters. The lowest BCUT2D eigenvalue weighted by Crippen LogP contribution is -2.42. The van der Waals surface area contributed by atoms with E-state index < -0.39 is 6.17 Å². The predicted octanol–water partition coefficient (Wildman–Crippen LogP) is 5.66. The van der Waals surface area contributed by atoms with Crippen LogP contribution in [0.3, 0.4) is 0 Å². The van der Waals surface area contributed by atoms with E-state index in [4.69, 9.17) is 30.5 Å². The van der Waals surface area contributed by atoms with Crippen molar-refractivity contribution in [1.29, 1.82) is 0 Å². The van der Waals surface area contributed by atoms with Crippen LogP contribution in [-0.4, -0.2) is 33.1 Å². The molecule has 0 heterocycles. The summed E-state index contributed by atoms with van der Waals surface area (Å²) in [5, 5.41) is 6.49. The van der Waals surface area contributed by atoms with E-state index in [2.05, 4.69) is 10.6 Å². The predicted molar refractivity (Wildman–Crippen MR) is 161 cm³/mol. The van der Waals surface area contributed by atoms with E-state index >= 15 is 0 Å². The summed E-state index contributed by atoms with van der Waals surface area (Å²) in [7, 11) is 4.71. The maximum absolute atomic E-state index is 13.1. The van der Waals surface area contributed by atoms with Crippen LogP contribution in [0.4, 0.5) is 0 Å². The van der Waals surface area contributed by atoms with E-state index in [1.807, 2.05) is 42.5 Å². The molecule has 9 heteroatoms. The molecule has 0 bridgehead atoms. The quantitative estimate of drug-likeness (QED) is 0.196. The van der Waals surface area contributed by atoms with Crippen LogP contribution in [0.5, 0.6) is 23.0 Å². The van der Waals surface area contributed by atoms with Crippen molar-refractivity contribution in [2.24, 2.45) is 0 Å². The van der Waals surface area contributed by atoms with Crippen LogP contribution < -0.4 is 29.6 Å². The minimum atomic E-state index is -0.838. The number of rotatable bonds is 13. The van der Waals surface area contributed by atoms with Gasteiger partial charge in [0.05, 0.1) is 34.2 Å². The first kappa shape index (κ1) is 30.3. The number of ether oxygens (including phenoxy) is 4. The Kier molecular flexibility index (Phi) is 10.7. The highest BCUT2D eigenvalue weighted by atomic mass is 35.5. The summed E-state index contributed by atoms with van der Waals surface area (Å²) in [6.07, 6.45) is -0.614. The van der Waals surface area contributed by atoms with Crippen LogP contribution in [0, 0.1) is 0 Å². The number of amides is 2. The lowest BCUT2D eigenvalue weighted by Gasteiger charge is -2.22. The van der Waals surface area contributed by atoms with Gasteiger partial charge >= 0.3 is 0 Å². The van der Waals surface area contributed by atoms with E-state index in [9.17, 15) is 9.59 Å². The van der Waals surface area contributed by atoms with Crippen LogP contribution in [0.25, 0.3) is 0 Å². The van der Waals surface area contributed by atoms with Crippen molar-refractivity contribution in [3.63, 3.8) is 0 Å². The molecule has 4 aromatic rings. The normalized spacial score (nSPS) is 10.6. The average Bonchev–Trinajstić information content (AvgIpc) is 3.01. The Labute approximate surface area is 250 Å². The third-order valence-electron chi connectivity index (χ3n) is 6.52. The van der Waals surface area contributed by atoms with Crippen LogP contribution in [0.1, 0.15) is 28.4 Å². The van der Waals surface area contributed by atoms with E-state index in [1.54, 1.807) is 69.9 Å². The summed E-state index contributed by atoms with van der Waals surface area (Å²) < 4.78 is 22.0. The molecule has 2 N–H and O–H groups in total. The minimum absolute atomic E-state index is 0.112. The monoisotopic (exact) mass is 588 g/mol. The Morgan fingerprint density at radius 1 is 0.690 bits per heavy atom. The Hall–Kier alpha value is -4.69. The van der Waals surface area contributed by atoms with Gasteiger partial charge in [-0.05, 0) is 59.2 Å². The van der Waals surface area contributed by atoms with E-state index in [1.165, 1.54) is 0 Å². The fraction of sp³-hybridized carbons (Fsp3) is 0.212. The molecule has 0 aliphatic heterocycles. The molecule has 42 heavy (non-hydrogen) atoms. The molecule has 0 saturated carbocycles. The van der Waals surface area contributed by atoms with Crippen LogP contribution in [0.15, 0.2) is 91.0 Å². The van der Waals surface area contributed by atoms with Gasteiger partial charge in [0.15, 0.2) is 11.5 Å². The zero-order chi connectivity index (χ0) is 29.9. The van der Waals surface area contributed by atoms with Crippen molar-refractivity contribution in [2.45, 2.75) is 25.6 Å². The van der Waals surface area contributed by atoms with Gasteiger partial charge in [0.1, 0.15) is 24.3 Å². The van der Waals surface area contributed by atoms with Gasteiger partial charge in [0.25, 0.3) is 0 Å². The minimum Gasteiger partial charge on any atom is -0.497 e. The highest BCUT2D eigenvalue weighted by Gasteiger charge is 2.20. The van der Waals surface area contributed by atoms with Gasteiger partial charge in [-0.3, -0.25) is 9.59 Å². The van der Waals surface area contributed by atoms with Gasteiger partial charge in [-0.1, -0.05) is 60.1 Å². The maximum Gasteiger partial charge on any atom is 0.226 e.